The van der Waals surface area contributed by atoms with E-state index in [1.165, 1.54) is 25.8 Å². The van der Waals surface area contributed by atoms with Gasteiger partial charge in [0.2, 0.25) is 0 Å². The van der Waals surface area contributed by atoms with Gasteiger partial charge < -0.3 is 10.2 Å². The van der Waals surface area contributed by atoms with E-state index in [9.17, 15) is 0 Å². The summed E-state index contributed by atoms with van der Waals surface area (Å²) in [7, 11) is 1.93. The van der Waals surface area contributed by atoms with Gasteiger partial charge in [0.15, 0.2) is 5.82 Å². The number of hydrogen-bond donors (Lipinski definition) is 1. The molecular weight excluding hydrogens is 250 g/mol. The molecule has 1 aromatic heterocycles. The second-order valence-corrected chi connectivity index (χ2v) is 6.06. The van der Waals surface area contributed by atoms with Crippen LogP contribution in [0, 0.1) is 0 Å². The van der Waals surface area contributed by atoms with Crippen LogP contribution in [0.25, 0.3) is 0 Å². The molecule has 0 radical (unpaired) electrons. The highest BCUT2D eigenvalue weighted by molar-refractivity contribution is 5.40. The maximum Gasteiger partial charge on any atom is 0.151 e. The predicted molar refractivity (Wildman–Crippen MR) is 80.8 cm³/mol. The first-order valence-corrected chi connectivity index (χ1v) is 7.76. The average molecular weight is 275 g/mol. The van der Waals surface area contributed by atoms with Crippen molar-refractivity contribution in [2.24, 2.45) is 0 Å². The maximum absolute atomic E-state index is 4.43. The normalized spacial score (nSPS) is 27.4. The summed E-state index contributed by atoms with van der Waals surface area (Å²) in [4.78, 5) is 5.09. The lowest BCUT2D eigenvalue weighted by atomic mass is 9.97. The SMILES string of the molecule is CNCc1ccc(N2CC3CCCCN3CC2C)nn1. The van der Waals surface area contributed by atoms with Crippen molar-refractivity contribution in [1.82, 2.24) is 20.4 Å². The van der Waals surface area contributed by atoms with Gasteiger partial charge in [0.05, 0.1) is 5.69 Å². The molecule has 5 heteroatoms. The molecule has 0 aromatic carbocycles. The highest BCUT2D eigenvalue weighted by Gasteiger charge is 2.33. The summed E-state index contributed by atoms with van der Waals surface area (Å²) in [5.41, 5.74) is 1.00. The van der Waals surface area contributed by atoms with Gasteiger partial charge in [0.25, 0.3) is 0 Å². The number of nitrogens with zero attached hydrogens (tertiary/aromatic N) is 4. The Hall–Kier alpha value is -1.20. The predicted octanol–water partition coefficient (Wildman–Crippen LogP) is 1.26. The first-order valence-electron chi connectivity index (χ1n) is 7.76. The van der Waals surface area contributed by atoms with Crippen LogP contribution in [0.15, 0.2) is 12.1 Å². The number of fused-ring (bicyclic) bond motifs is 1. The van der Waals surface area contributed by atoms with Crippen molar-refractivity contribution in [3.63, 3.8) is 0 Å². The molecule has 3 heterocycles. The molecule has 3 rings (SSSR count). The number of piperidine rings is 1. The highest BCUT2D eigenvalue weighted by Crippen LogP contribution is 2.26. The van der Waals surface area contributed by atoms with Crippen molar-refractivity contribution in [1.29, 1.82) is 0 Å². The van der Waals surface area contributed by atoms with Crippen LogP contribution >= 0.6 is 0 Å². The molecule has 20 heavy (non-hydrogen) atoms. The lowest BCUT2D eigenvalue weighted by Gasteiger charge is -2.47. The Morgan fingerprint density at radius 2 is 2.15 bits per heavy atom. The zero-order valence-corrected chi connectivity index (χ0v) is 12.5. The smallest absolute Gasteiger partial charge is 0.151 e. The minimum Gasteiger partial charge on any atom is -0.350 e. The third kappa shape index (κ3) is 2.79. The fraction of sp³-hybridized carbons (Fsp3) is 0.733. The Labute approximate surface area is 121 Å². The Morgan fingerprint density at radius 1 is 1.25 bits per heavy atom. The van der Waals surface area contributed by atoms with Crippen LogP contribution < -0.4 is 10.2 Å². The fourth-order valence-corrected chi connectivity index (χ4v) is 3.45. The Balaban J connectivity index is 1.72. The van der Waals surface area contributed by atoms with Crippen molar-refractivity contribution >= 4 is 5.82 Å². The zero-order chi connectivity index (χ0) is 13.9. The van der Waals surface area contributed by atoms with Crippen molar-refractivity contribution < 1.29 is 0 Å². The highest BCUT2D eigenvalue weighted by atomic mass is 15.3. The topological polar surface area (TPSA) is 44.3 Å². The Kier molecular flexibility index (Phi) is 4.17. The van der Waals surface area contributed by atoms with E-state index in [-0.39, 0.29) is 0 Å². The third-order valence-electron chi connectivity index (χ3n) is 4.55. The Bertz CT molecular complexity index is 432. The quantitative estimate of drug-likeness (QED) is 0.900. The molecule has 1 aromatic rings. The van der Waals surface area contributed by atoms with Gasteiger partial charge in [-0.3, -0.25) is 4.90 Å². The van der Waals surface area contributed by atoms with Crippen molar-refractivity contribution in [2.75, 3.05) is 31.6 Å². The van der Waals surface area contributed by atoms with Gasteiger partial charge in [-0.1, -0.05) is 6.42 Å². The monoisotopic (exact) mass is 275 g/mol. The van der Waals surface area contributed by atoms with Crippen LogP contribution in [0.3, 0.4) is 0 Å². The third-order valence-corrected chi connectivity index (χ3v) is 4.55. The average Bonchev–Trinajstić information content (AvgIpc) is 2.48. The summed E-state index contributed by atoms with van der Waals surface area (Å²) < 4.78 is 0. The van der Waals surface area contributed by atoms with Crippen LogP contribution in [-0.4, -0.2) is 53.9 Å². The summed E-state index contributed by atoms with van der Waals surface area (Å²) in [5, 5.41) is 11.8. The molecule has 1 N–H and O–H groups in total. The number of anilines is 1. The Morgan fingerprint density at radius 3 is 2.90 bits per heavy atom. The molecule has 2 atom stereocenters. The summed E-state index contributed by atoms with van der Waals surface area (Å²) in [6.07, 6.45) is 4.06. The molecule has 2 aliphatic rings. The minimum atomic E-state index is 0.522. The van der Waals surface area contributed by atoms with Crippen LogP contribution in [0.2, 0.25) is 0 Å². The van der Waals surface area contributed by atoms with E-state index >= 15 is 0 Å². The van der Waals surface area contributed by atoms with Gasteiger partial charge in [-0.25, -0.2) is 0 Å². The van der Waals surface area contributed by atoms with E-state index in [1.54, 1.807) is 0 Å². The molecule has 0 aliphatic carbocycles. The second-order valence-electron chi connectivity index (χ2n) is 6.06. The molecule has 0 bridgehead atoms. The minimum absolute atomic E-state index is 0.522. The van der Waals surface area contributed by atoms with Crippen molar-refractivity contribution in [2.45, 2.75) is 44.8 Å². The molecule has 110 valence electrons. The summed E-state index contributed by atoms with van der Waals surface area (Å²) in [6.45, 7) is 6.61. The first kappa shape index (κ1) is 13.8. The number of rotatable bonds is 3. The van der Waals surface area contributed by atoms with E-state index in [0.717, 1.165) is 31.1 Å². The van der Waals surface area contributed by atoms with Gasteiger partial charge in [-0.2, -0.15) is 5.10 Å². The standard InChI is InChI=1S/C15H25N5/c1-12-10-19-8-4-3-5-14(19)11-20(12)15-7-6-13(9-16-2)17-18-15/h6-7,12,14,16H,3-5,8-11H2,1-2H3. The molecule has 2 aliphatic heterocycles. The van der Waals surface area contributed by atoms with Gasteiger partial charge in [0.1, 0.15) is 0 Å². The van der Waals surface area contributed by atoms with E-state index in [2.05, 4.69) is 44.4 Å². The molecule has 2 unspecified atom stereocenters. The first-order chi connectivity index (χ1) is 9.78. The molecule has 0 amide bonds. The van der Waals surface area contributed by atoms with Crippen LogP contribution in [0.4, 0.5) is 5.82 Å². The van der Waals surface area contributed by atoms with Gasteiger partial charge in [-0.05, 0) is 45.5 Å². The molecule has 2 fully saturated rings. The summed E-state index contributed by atoms with van der Waals surface area (Å²) in [5.74, 6) is 1.03. The molecular formula is C15H25N5. The zero-order valence-electron chi connectivity index (χ0n) is 12.5. The van der Waals surface area contributed by atoms with E-state index in [4.69, 9.17) is 0 Å². The van der Waals surface area contributed by atoms with Crippen LogP contribution in [-0.2, 0) is 6.54 Å². The number of aromatic nitrogens is 2. The van der Waals surface area contributed by atoms with Crippen molar-refractivity contribution in [3.8, 4) is 0 Å². The molecule has 5 nitrogen and oxygen atoms in total. The van der Waals surface area contributed by atoms with Crippen LogP contribution in [0.5, 0.6) is 0 Å². The van der Waals surface area contributed by atoms with Crippen molar-refractivity contribution in [3.05, 3.63) is 17.8 Å². The summed E-state index contributed by atoms with van der Waals surface area (Å²) >= 11 is 0. The second kappa shape index (κ2) is 6.06. The van der Waals surface area contributed by atoms with Gasteiger partial charge in [0, 0.05) is 31.7 Å². The van der Waals surface area contributed by atoms with E-state index < -0.39 is 0 Å². The number of piperazine rings is 1. The van der Waals surface area contributed by atoms with E-state index in [0.29, 0.717) is 12.1 Å². The number of nitrogens with one attached hydrogen (secondary N) is 1. The van der Waals surface area contributed by atoms with Gasteiger partial charge >= 0.3 is 0 Å². The largest absolute Gasteiger partial charge is 0.350 e. The molecule has 0 saturated carbocycles. The summed E-state index contributed by atoms with van der Waals surface area (Å²) in [6, 6.07) is 5.43. The van der Waals surface area contributed by atoms with Crippen LogP contribution in [0.1, 0.15) is 31.9 Å². The maximum atomic E-state index is 4.43. The van der Waals surface area contributed by atoms with Gasteiger partial charge in [-0.15, -0.1) is 5.10 Å². The molecule has 0 spiro atoms. The molecule has 2 saturated heterocycles. The number of hydrogen-bond acceptors (Lipinski definition) is 5. The fourth-order valence-electron chi connectivity index (χ4n) is 3.45. The van der Waals surface area contributed by atoms with E-state index in [1.807, 2.05) is 7.05 Å². The lowest BCUT2D eigenvalue weighted by Crippen LogP contribution is -2.59. The lowest BCUT2D eigenvalue weighted by molar-refractivity contribution is 0.115.